The molecule has 2 rings (SSSR count). The van der Waals surface area contributed by atoms with Crippen LogP contribution >= 0.6 is 0 Å². The molecule has 84 valence electrons. The van der Waals surface area contributed by atoms with Crippen LogP contribution in [-0.2, 0) is 13.1 Å². The van der Waals surface area contributed by atoms with E-state index in [1.807, 2.05) is 10.9 Å². The van der Waals surface area contributed by atoms with Crippen LogP contribution in [0.3, 0.4) is 0 Å². The summed E-state index contributed by atoms with van der Waals surface area (Å²) in [6.07, 6.45) is 1.89. The molecule has 16 heavy (non-hydrogen) atoms. The van der Waals surface area contributed by atoms with Crippen molar-refractivity contribution in [3.8, 4) is 0 Å². The van der Waals surface area contributed by atoms with Gasteiger partial charge in [0.1, 0.15) is 0 Å². The first-order valence-electron chi connectivity index (χ1n) is 5.34. The van der Waals surface area contributed by atoms with Crippen molar-refractivity contribution in [2.75, 3.05) is 0 Å². The highest BCUT2D eigenvalue weighted by Gasteiger charge is 2.02. The van der Waals surface area contributed by atoms with Crippen molar-refractivity contribution in [1.29, 1.82) is 0 Å². The number of nitrogens with two attached hydrogens (primary N) is 1. The molecule has 1 aromatic heterocycles. The summed E-state index contributed by atoms with van der Waals surface area (Å²) in [4.78, 5) is 0. The van der Waals surface area contributed by atoms with Gasteiger partial charge in [-0.2, -0.15) is 0 Å². The molecule has 0 saturated carbocycles. The molecule has 0 amide bonds. The molecule has 4 heteroatoms. The second-order valence-electron chi connectivity index (χ2n) is 4.04. The summed E-state index contributed by atoms with van der Waals surface area (Å²) in [5, 5.41) is 8.00. The molecule has 2 aromatic rings. The lowest BCUT2D eigenvalue weighted by Gasteiger charge is -2.06. The molecule has 1 aromatic carbocycles. The number of benzene rings is 1. The Morgan fingerprint density at radius 1 is 1.31 bits per heavy atom. The monoisotopic (exact) mass is 216 g/mol. The van der Waals surface area contributed by atoms with Crippen molar-refractivity contribution in [3.63, 3.8) is 0 Å². The van der Waals surface area contributed by atoms with Crippen molar-refractivity contribution in [2.24, 2.45) is 5.73 Å². The summed E-state index contributed by atoms with van der Waals surface area (Å²) in [7, 11) is 0. The summed E-state index contributed by atoms with van der Waals surface area (Å²) < 4.78 is 1.82. The van der Waals surface area contributed by atoms with Gasteiger partial charge in [0.05, 0.1) is 18.4 Å². The minimum atomic E-state index is 0.437. The first-order valence-corrected chi connectivity index (χ1v) is 5.34. The lowest BCUT2D eigenvalue weighted by Crippen LogP contribution is -2.02. The minimum Gasteiger partial charge on any atom is -0.325 e. The van der Waals surface area contributed by atoms with Crippen LogP contribution in [0.4, 0.5) is 0 Å². The molecule has 0 spiro atoms. The molecule has 0 saturated heterocycles. The quantitative estimate of drug-likeness (QED) is 0.843. The van der Waals surface area contributed by atoms with Gasteiger partial charge in [0.15, 0.2) is 0 Å². The van der Waals surface area contributed by atoms with Gasteiger partial charge in [-0.3, -0.25) is 0 Å². The molecule has 0 aliphatic rings. The standard InChI is InChI=1S/C12H16N4/c1-9-3-4-11(10(2)5-9)7-16-8-12(6-13)14-15-16/h3-5,8H,6-7,13H2,1-2H3. The van der Waals surface area contributed by atoms with E-state index in [0.717, 1.165) is 12.2 Å². The van der Waals surface area contributed by atoms with Gasteiger partial charge in [-0.15, -0.1) is 5.10 Å². The van der Waals surface area contributed by atoms with Crippen LogP contribution in [0.2, 0.25) is 0 Å². The van der Waals surface area contributed by atoms with Crippen LogP contribution in [0.25, 0.3) is 0 Å². The molecule has 2 N–H and O–H groups in total. The maximum absolute atomic E-state index is 5.49. The largest absolute Gasteiger partial charge is 0.325 e. The Kier molecular flexibility index (Phi) is 3.01. The molecule has 0 bridgehead atoms. The maximum Gasteiger partial charge on any atom is 0.0962 e. The Morgan fingerprint density at radius 3 is 2.75 bits per heavy atom. The van der Waals surface area contributed by atoms with E-state index >= 15 is 0 Å². The minimum absolute atomic E-state index is 0.437. The first-order chi connectivity index (χ1) is 7.69. The van der Waals surface area contributed by atoms with Gasteiger partial charge in [0.25, 0.3) is 0 Å². The summed E-state index contributed by atoms with van der Waals surface area (Å²) in [6.45, 7) is 5.40. The average Bonchev–Trinajstić information content (AvgIpc) is 2.70. The summed E-state index contributed by atoms with van der Waals surface area (Å²) in [6, 6.07) is 6.42. The van der Waals surface area contributed by atoms with E-state index in [0.29, 0.717) is 6.54 Å². The lowest BCUT2D eigenvalue weighted by molar-refractivity contribution is 0.647. The van der Waals surface area contributed by atoms with E-state index in [4.69, 9.17) is 5.73 Å². The predicted molar refractivity (Wildman–Crippen MR) is 62.9 cm³/mol. The fraction of sp³-hybridized carbons (Fsp3) is 0.333. The third-order valence-electron chi connectivity index (χ3n) is 2.63. The number of aromatic nitrogens is 3. The van der Waals surface area contributed by atoms with E-state index in [2.05, 4.69) is 42.4 Å². The van der Waals surface area contributed by atoms with Crippen LogP contribution in [0.15, 0.2) is 24.4 Å². The Morgan fingerprint density at radius 2 is 2.12 bits per heavy atom. The topological polar surface area (TPSA) is 56.7 Å². The molecular weight excluding hydrogens is 200 g/mol. The summed E-state index contributed by atoms with van der Waals surface area (Å²) in [5.74, 6) is 0. The van der Waals surface area contributed by atoms with Crippen LogP contribution < -0.4 is 5.73 Å². The third-order valence-corrected chi connectivity index (χ3v) is 2.63. The molecule has 0 aliphatic heterocycles. The number of hydrogen-bond donors (Lipinski definition) is 1. The fourth-order valence-electron chi connectivity index (χ4n) is 1.71. The van der Waals surface area contributed by atoms with E-state index in [9.17, 15) is 0 Å². The Labute approximate surface area is 95.1 Å². The zero-order valence-corrected chi connectivity index (χ0v) is 9.64. The second-order valence-corrected chi connectivity index (χ2v) is 4.04. The van der Waals surface area contributed by atoms with Gasteiger partial charge in [-0.25, -0.2) is 4.68 Å². The summed E-state index contributed by atoms with van der Waals surface area (Å²) >= 11 is 0. The molecule has 0 aliphatic carbocycles. The van der Waals surface area contributed by atoms with Crippen molar-refractivity contribution in [1.82, 2.24) is 15.0 Å². The number of aryl methyl sites for hydroxylation is 2. The highest BCUT2D eigenvalue weighted by Crippen LogP contribution is 2.11. The Hall–Kier alpha value is -1.68. The van der Waals surface area contributed by atoms with Gasteiger partial charge in [0, 0.05) is 6.54 Å². The van der Waals surface area contributed by atoms with Gasteiger partial charge in [-0.05, 0) is 25.0 Å². The molecule has 0 fully saturated rings. The van der Waals surface area contributed by atoms with E-state index < -0.39 is 0 Å². The van der Waals surface area contributed by atoms with Crippen LogP contribution in [0.5, 0.6) is 0 Å². The third kappa shape index (κ3) is 2.28. The maximum atomic E-state index is 5.49. The Bertz CT molecular complexity index is 488. The molecule has 1 heterocycles. The zero-order chi connectivity index (χ0) is 11.5. The van der Waals surface area contributed by atoms with Crippen molar-refractivity contribution < 1.29 is 0 Å². The van der Waals surface area contributed by atoms with Crippen LogP contribution in [0, 0.1) is 13.8 Å². The highest BCUT2D eigenvalue weighted by atomic mass is 15.4. The second kappa shape index (κ2) is 4.45. The van der Waals surface area contributed by atoms with Gasteiger partial charge >= 0.3 is 0 Å². The number of rotatable bonds is 3. The van der Waals surface area contributed by atoms with E-state index in [-0.39, 0.29) is 0 Å². The average molecular weight is 216 g/mol. The van der Waals surface area contributed by atoms with Crippen LogP contribution in [0.1, 0.15) is 22.4 Å². The lowest BCUT2D eigenvalue weighted by atomic mass is 10.1. The van der Waals surface area contributed by atoms with Crippen LogP contribution in [-0.4, -0.2) is 15.0 Å². The molecule has 4 nitrogen and oxygen atoms in total. The number of hydrogen-bond acceptors (Lipinski definition) is 3. The fourth-order valence-corrected chi connectivity index (χ4v) is 1.71. The highest BCUT2D eigenvalue weighted by molar-refractivity contribution is 5.30. The van der Waals surface area contributed by atoms with Crippen molar-refractivity contribution in [3.05, 3.63) is 46.8 Å². The van der Waals surface area contributed by atoms with Gasteiger partial charge in [-0.1, -0.05) is 29.0 Å². The van der Waals surface area contributed by atoms with Crippen molar-refractivity contribution >= 4 is 0 Å². The SMILES string of the molecule is Cc1ccc(Cn2cc(CN)nn2)c(C)c1. The molecular formula is C12H16N4. The molecule has 0 unspecified atom stereocenters. The first kappa shape index (κ1) is 10.8. The smallest absolute Gasteiger partial charge is 0.0962 e. The number of nitrogens with zero attached hydrogens (tertiary/aromatic N) is 3. The summed E-state index contributed by atoms with van der Waals surface area (Å²) in [5.41, 5.74) is 10.1. The van der Waals surface area contributed by atoms with Gasteiger partial charge < -0.3 is 5.73 Å². The van der Waals surface area contributed by atoms with E-state index in [1.54, 1.807) is 0 Å². The zero-order valence-electron chi connectivity index (χ0n) is 9.64. The predicted octanol–water partition coefficient (Wildman–Crippen LogP) is 1.40. The van der Waals surface area contributed by atoms with E-state index in [1.165, 1.54) is 16.7 Å². The Balaban J connectivity index is 2.20. The molecule has 0 radical (unpaired) electrons. The normalized spacial score (nSPS) is 10.7. The van der Waals surface area contributed by atoms with Crippen molar-refractivity contribution in [2.45, 2.75) is 26.9 Å². The van der Waals surface area contributed by atoms with Gasteiger partial charge in [0.2, 0.25) is 0 Å². The molecule has 0 atom stereocenters.